The van der Waals surface area contributed by atoms with Crippen molar-refractivity contribution >= 4 is 6.29 Å². The highest BCUT2D eigenvalue weighted by Crippen LogP contribution is 2.40. The van der Waals surface area contributed by atoms with E-state index in [2.05, 4.69) is 32.9 Å². The second-order valence-electron chi connectivity index (χ2n) is 5.04. The normalized spacial score (nSPS) is 26.4. The van der Waals surface area contributed by atoms with E-state index < -0.39 is 0 Å². The van der Waals surface area contributed by atoms with Crippen LogP contribution in [0, 0.1) is 17.3 Å². The molecule has 0 heterocycles. The van der Waals surface area contributed by atoms with Gasteiger partial charge in [-0.05, 0) is 37.0 Å². The van der Waals surface area contributed by atoms with Crippen LogP contribution in [0.3, 0.4) is 0 Å². The van der Waals surface area contributed by atoms with Crippen LogP contribution in [0.15, 0.2) is 12.2 Å². The summed E-state index contributed by atoms with van der Waals surface area (Å²) in [5.41, 5.74) is 0.348. The van der Waals surface area contributed by atoms with Crippen LogP contribution in [-0.4, -0.2) is 6.29 Å². The molecule has 1 nitrogen and oxygen atoms in total. The molecule has 0 saturated carbocycles. The molecular formula is C13H22O. The molecule has 0 aromatic rings. The van der Waals surface area contributed by atoms with Gasteiger partial charge in [0.05, 0.1) is 0 Å². The van der Waals surface area contributed by atoms with Crippen LogP contribution < -0.4 is 0 Å². The lowest BCUT2D eigenvalue weighted by atomic mass is 9.78. The van der Waals surface area contributed by atoms with Crippen molar-refractivity contribution in [1.82, 2.24) is 0 Å². The molecule has 0 aromatic heterocycles. The highest BCUT2D eigenvalue weighted by molar-refractivity contribution is 5.53. The van der Waals surface area contributed by atoms with Gasteiger partial charge in [-0.3, -0.25) is 0 Å². The Morgan fingerprint density at radius 2 is 2.29 bits per heavy atom. The summed E-state index contributed by atoms with van der Waals surface area (Å²) >= 11 is 0. The molecule has 1 aliphatic rings. The number of hydrogen-bond acceptors (Lipinski definition) is 1. The molecule has 0 fully saturated rings. The topological polar surface area (TPSA) is 17.1 Å². The molecule has 2 unspecified atom stereocenters. The largest absolute Gasteiger partial charge is 0.303 e. The molecule has 80 valence electrons. The highest BCUT2D eigenvalue weighted by atomic mass is 16.1. The molecule has 1 rings (SSSR count). The Kier molecular flexibility index (Phi) is 3.91. The minimum atomic E-state index is 0.284. The summed E-state index contributed by atoms with van der Waals surface area (Å²) in [6, 6.07) is 0. The fourth-order valence-corrected chi connectivity index (χ4v) is 2.25. The van der Waals surface area contributed by atoms with Crippen molar-refractivity contribution in [2.75, 3.05) is 0 Å². The Morgan fingerprint density at radius 1 is 1.57 bits per heavy atom. The lowest BCUT2D eigenvalue weighted by molar-refractivity contribution is -0.111. The van der Waals surface area contributed by atoms with Crippen LogP contribution in [0.2, 0.25) is 0 Å². The molecule has 0 saturated heterocycles. The van der Waals surface area contributed by atoms with E-state index in [-0.39, 0.29) is 5.92 Å². The smallest absolute Gasteiger partial charge is 0.123 e. The van der Waals surface area contributed by atoms with Crippen molar-refractivity contribution in [1.29, 1.82) is 0 Å². The zero-order valence-corrected chi connectivity index (χ0v) is 9.62. The van der Waals surface area contributed by atoms with Crippen LogP contribution in [0.4, 0.5) is 0 Å². The second kappa shape index (κ2) is 4.77. The van der Waals surface area contributed by atoms with E-state index >= 15 is 0 Å². The third-order valence-electron chi connectivity index (χ3n) is 3.62. The van der Waals surface area contributed by atoms with Crippen LogP contribution >= 0.6 is 0 Å². The Bertz CT molecular complexity index is 215. The standard InChI is InChI=1S/C13H22O/c1-4-11(10-14)7-8-12-6-5-9-13(12,2)3/h5,9-12H,4,6-8H2,1-3H3. The van der Waals surface area contributed by atoms with E-state index in [0.717, 1.165) is 25.0 Å². The highest BCUT2D eigenvalue weighted by Gasteiger charge is 2.29. The van der Waals surface area contributed by atoms with E-state index in [1.807, 2.05) is 0 Å². The average molecular weight is 194 g/mol. The maximum atomic E-state index is 10.7. The fourth-order valence-electron chi connectivity index (χ4n) is 2.25. The molecule has 1 aliphatic carbocycles. The molecule has 1 heteroatoms. The number of rotatable bonds is 5. The van der Waals surface area contributed by atoms with Crippen molar-refractivity contribution in [3.63, 3.8) is 0 Å². The Hall–Kier alpha value is -0.590. The second-order valence-corrected chi connectivity index (χ2v) is 5.04. The minimum Gasteiger partial charge on any atom is -0.303 e. The number of allylic oxidation sites excluding steroid dienone is 2. The maximum Gasteiger partial charge on any atom is 0.123 e. The summed E-state index contributed by atoms with van der Waals surface area (Å²) in [5, 5.41) is 0. The first-order chi connectivity index (χ1) is 6.60. The Balaban J connectivity index is 2.35. The third kappa shape index (κ3) is 2.70. The number of hydrogen-bond donors (Lipinski definition) is 0. The molecule has 0 N–H and O–H groups in total. The van der Waals surface area contributed by atoms with Gasteiger partial charge >= 0.3 is 0 Å². The van der Waals surface area contributed by atoms with Gasteiger partial charge in [-0.1, -0.05) is 32.9 Å². The molecule has 0 aromatic carbocycles. The predicted molar refractivity (Wildman–Crippen MR) is 60.1 cm³/mol. The van der Waals surface area contributed by atoms with Gasteiger partial charge in [0.2, 0.25) is 0 Å². The molecule has 0 amide bonds. The quantitative estimate of drug-likeness (QED) is 0.483. The van der Waals surface area contributed by atoms with Crippen molar-refractivity contribution in [3.05, 3.63) is 12.2 Å². The van der Waals surface area contributed by atoms with E-state index in [0.29, 0.717) is 5.41 Å². The first-order valence-corrected chi connectivity index (χ1v) is 5.73. The average Bonchev–Trinajstić information content (AvgIpc) is 2.47. The first-order valence-electron chi connectivity index (χ1n) is 5.73. The molecule has 2 atom stereocenters. The zero-order valence-electron chi connectivity index (χ0n) is 9.62. The van der Waals surface area contributed by atoms with Crippen LogP contribution in [0.1, 0.15) is 46.5 Å². The summed E-state index contributed by atoms with van der Waals surface area (Å²) in [5.74, 6) is 1.03. The SMILES string of the molecule is CCC(C=O)CCC1CC=CC1(C)C. The van der Waals surface area contributed by atoms with Gasteiger partial charge in [0.25, 0.3) is 0 Å². The van der Waals surface area contributed by atoms with Gasteiger partial charge in [0.1, 0.15) is 6.29 Å². The lowest BCUT2D eigenvalue weighted by Gasteiger charge is -2.27. The molecule has 0 spiro atoms. The van der Waals surface area contributed by atoms with Gasteiger partial charge in [-0.25, -0.2) is 0 Å². The Labute approximate surface area is 87.6 Å². The monoisotopic (exact) mass is 194 g/mol. The van der Waals surface area contributed by atoms with Gasteiger partial charge in [-0.15, -0.1) is 0 Å². The summed E-state index contributed by atoms with van der Waals surface area (Å²) in [7, 11) is 0. The third-order valence-corrected chi connectivity index (χ3v) is 3.62. The summed E-state index contributed by atoms with van der Waals surface area (Å²) in [6.45, 7) is 6.68. The van der Waals surface area contributed by atoms with Gasteiger partial charge in [0.15, 0.2) is 0 Å². The summed E-state index contributed by atoms with van der Waals surface area (Å²) in [6.07, 6.45) is 10.2. The van der Waals surface area contributed by atoms with Crippen LogP contribution in [-0.2, 0) is 4.79 Å². The first kappa shape index (κ1) is 11.5. The summed E-state index contributed by atoms with van der Waals surface area (Å²) in [4.78, 5) is 10.7. The van der Waals surface area contributed by atoms with Gasteiger partial charge in [0, 0.05) is 5.92 Å². The zero-order chi connectivity index (χ0) is 10.6. The van der Waals surface area contributed by atoms with E-state index in [9.17, 15) is 4.79 Å². The van der Waals surface area contributed by atoms with E-state index in [1.54, 1.807) is 0 Å². The molecule has 0 radical (unpaired) electrons. The summed E-state index contributed by atoms with van der Waals surface area (Å²) < 4.78 is 0. The van der Waals surface area contributed by atoms with E-state index in [1.165, 1.54) is 12.8 Å². The molecule has 14 heavy (non-hydrogen) atoms. The van der Waals surface area contributed by atoms with Crippen molar-refractivity contribution in [2.45, 2.75) is 46.5 Å². The molecule has 0 aliphatic heterocycles. The minimum absolute atomic E-state index is 0.284. The van der Waals surface area contributed by atoms with Crippen LogP contribution in [0.5, 0.6) is 0 Å². The van der Waals surface area contributed by atoms with Gasteiger partial charge < -0.3 is 4.79 Å². The lowest BCUT2D eigenvalue weighted by Crippen LogP contribution is -2.18. The van der Waals surface area contributed by atoms with E-state index in [4.69, 9.17) is 0 Å². The number of carbonyl (C=O) groups is 1. The Morgan fingerprint density at radius 3 is 2.71 bits per heavy atom. The van der Waals surface area contributed by atoms with Crippen molar-refractivity contribution in [3.8, 4) is 0 Å². The number of aldehydes is 1. The van der Waals surface area contributed by atoms with Crippen molar-refractivity contribution < 1.29 is 4.79 Å². The van der Waals surface area contributed by atoms with Crippen molar-refractivity contribution in [2.24, 2.45) is 17.3 Å². The fraction of sp³-hybridized carbons (Fsp3) is 0.769. The molecule has 0 bridgehead atoms. The van der Waals surface area contributed by atoms with Crippen LogP contribution in [0.25, 0.3) is 0 Å². The van der Waals surface area contributed by atoms with Gasteiger partial charge in [-0.2, -0.15) is 0 Å². The molecular weight excluding hydrogens is 172 g/mol. The predicted octanol–water partition coefficient (Wildman–Crippen LogP) is 3.59. The maximum absolute atomic E-state index is 10.7. The number of carbonyl (C=O) groups excluding carboxylic acids is 1.